The van der Waals surface area contributed by atoms with Crippen molar-refractivity contribution >= 4 is 27.6 Å². The van der Waals surface area contributed by atoms with E-state index in [2.05, 4.69) is 15.0 Å². The van der Waals surface area contributed by atoms with Crippen LogP contribution in [-0.4, -0.2) is 41.3 Å². The quantitative estimate of drug-likeness (QED) is 0.709. The molecule has 1 aromatic heterocycles. The van der Waals surface area contributed by atoms with Gasteiger partial charge in [0.15, 0.2) is 15.7 Å². The van der Waals surface area contributed by atoms with Gasteiger partial charge in [-0.1, -0.05) is 6.07 Å². The van der Waals surface area contributed by atoms with Gasteiger partial charge in [-0.3, -0.25) is 4.99 Å². The minimum absolute atomic E-state index is 0.00884. The van der Waals surface area contributed by atoms with Crippen LogP contribution < -0.4 is 10.5 Å². The maximum absolute atomic E-state index is 14.8. The third-order valence-electron chi connectivity index (χ3n) is 6.17. The lowest BCUT2D eigenvalue weighted by atomic mass is 9.98. The Bertz CT molecular complexity index is 1210. The van der Waals surface area contributed by atoms with Gasteiger partial charge in [0.1, 0.15) is 22.6 Å². The Morgan fingerprint density at radius 2 is 2.00 bits per heavy atom. The molecular formula is C22H22F2N4O3S. The van der Waals surface area contributed by atoms with Gasteiger partial charge < -0.3 is 10.5 Å². The molecule has 2 fully saturated rings. The lowest BCUT2D eigenvalue weighted by Gasteiger charge is -2.26. The van der Waals surface area contributed by atoms with Crippen LogP contribution >= 0.6 is 0 Å². The number of nitrogens with zero attached hydrogens (tertiary/aromatic N) is 3. The van der Waals surface area contributed by atoms with Crippen molar-refractivity contribution in [1.82, 2.24) is 9.97 Å². The molecule has 1 saturated carbocycles. The summed E-state index contributed by atoms with van der Waals surface area (Å²) in [5.41, 5.74) is 6.31. The average molecular weight is 461 g/mol. The van der Waals surface area contributed by atoms with Crippen LogP contribution in [0.4, 0.5) is 8.78 Å². The van der Waals surface area contributed by atoms with Crippen LogP contribution in [0.2, 0.25) is 0 Å². The topological polar surface area (TPSA) is 108 Å². The van der Waals surface area contributed by atoms with E-state index >= 15 is 0 Å². The van der Waals surface area contributed by atoms with E-state index in [9.17, 15) is 17.2 Å². The van der Waals surface area contributed by atoms with Crippen molar-refractivity contribution in [3.05, 3.63) is 53.2 Å². The van der Waals surface area contributed by atoms with Crippen molar-refractivity contribution < 1.29 is 21.9 Å². The molecule has 168 valence electrons. The SMILES string of the molecule is NC1=NC(c2cc(/C=C(\F)c3cnc(OCC4CC4)cn3)ccc2F)C2CCC1S2(=O)=O. The summed E-state index contributed by atoms with van der Waals surface area (Å²) in [6.07, 6.45) is 6.87. The minimum atomic E-state index is -3.52. The monoisotopic (exact) mass is 460 g/mol. The molecule has 32 heavy (non-hydrogen) atoms. The zero-order valence-electron chi connectivity index (χ0n) is 17.1. The van der Waals surface area contributed by atoms with Crippen LogP contribution in [0.1, 0.15) is 48.5 Å². The Morgan fingerprint density at radius 3 is 2.72 bits per heavy atom. The molecule has 3 unspecified atom stereocenters. The molecule has 2 aliphatic heterocycles. The molecule has 2 N–H and O–H groups in total. The summed E-state index contributed by atoms with van der Waals surface area (Å²) in [5.74, 6) is -0.365. The van der Waals surface area contributed by atoms with Crippen molar-refractivity contribution in [3.8, 4) is 5.88 Å². The maximum atomic E-state index is 14.8. The molecule has 0 radical (unpaired) electrons. The molecule has 0 spiro atoms. The lowest BCUT2D eigenvalue weighted by Crippen LogP contribution is -2.42. The van der Waals surface area contributed by atoms with Gasteiger partial charge in [0.2, 0.25) is 5.88 Å². The summed E-state index contributed by atoms with van der Waals surface area (Å²) >= 11 is 0. The minimum Gasteiger partial charge on any atom is -0.476 e. The van der Waals surface area contributed by atoms with Gasteiger partial charge in [0.05, 0.1) is 30.3 Å². The van der Waals surface area contributed by atoms with Crippen molar-refractivity contribution in [1.29, 1.82) is 0 Å². The normalized spacial score (nSPS) is 26.6. The van der Waals surface area contributed by atoms with Crippen LogP contribution in [0.15, 0.2) is 35.6 Å². The maximum Gasteiger partial charge on any atom is 0.232 e. The molecule has 1 aromatic carbocycles. The van der Waals surface area contributed by atoms with E-state index in [4.69, 9.17) is 10.5 Å². The first kappa shape index (κ1) is 21.0. The van der Waals surface area contributed by atoms with E-state index < -0.39 is 38.0 Å². The molecule has 1 aliphatic carbocycles. The van der Waals surface area contributed by atoms with Gasteiger partial charge in [-0.25, -0.2) is 27.2 Å². The number of amidine groups is 1. The number of rotatable bonds is 6. The number of nitrogens with two attached hydrogens (primary N) is 1. The molecule has 10 heteroatoms. The molecule has 5 rings (SSSR count). The second-order valence-corrected chi connectivity index (χ2v) is 10.8. The van der Waals surface area contributed by atoms with Crippen molar-refractivity contribution in [2.75, 3.05) is 6.61 Å². The summed E-state index contributed by atoms with van der Waals surface area (Å²) in [4.78, 5) is 12.4. The molecule has 0 amide bonds. The molecule has 3 atom stereocenters. The largest absolute Gasteiger partial charge is 0.476 e. The van der Waals surface area contributed by atoms with E-state index in [0.29, 0.717) is 36.8 Å². The lowest BCUT2D eigenvalue weighted by molar-refractivity contribution is 0.287. The highest BCUT2D eigenvalue weighted by Gasteiger charge is 2.51. The Kier molecular flexibility index (Phi) is 5.19. The van der Waals surface area contributed by atoms with E-state index in [1.165, 1.54) is 36.7 Å². The highest BCUT2D eigenvalue weighted by Crippen LogP contribution is 2.42. The number of hydrogen-bond donors (Lipinski definition) is 1. The second kappa shape index (κ2) is 7.91. The molecule has 7 nitrogen and oxygen atoms in total. The number of halogens is 2. The summed E-state index contributed by atoms with van der Waals surface area (Å²) in [6, 6.07) is 3.04. The summed E-state index contributed by atoms with van der Waals surface area (Å²) in [7, 11) is -3.52. The summed E-state index contributed by atoms with van der Waals surface area (Å²) < 4.78 is 60.2. The Morgan fingerprint density at radius 1 is 1.19 bits per heavy atom. The Hall–Kier alpha value is -2.88. The Balaban J connectivity index is 1.40. The smallest absolute Gasteiger partial charge is 0.232 e. The first-order chi connectivity index (χ1) is 15.3. The first-order valence-electron chi connectivity index (χ1n) is 10.5. The first-order valence-corrected chi connectivity index (χ1v) is 12.1. The fourth-order valence-corrected chi connectivity index (χ4v) is 6.52. The molecule has 2 bridgehead atoms. The highest BCUT2D eigenvalue weighted by molar-refractivity contribution is 7.93. The highest BCUT2D eigenvalue weighted by atomic mass is 32.2. The van der Waals surface area contributed by atoms with Crippen LogP contribution in [0.25, 0.3) is 11.9 Å². The van der Waals surface area contributed by atoms with Crippen molar-refractivity contribution in [2.45, 2.75) is 42.2 Å². The van der Waals surface area contributed by atoms with Gasteiger partial charge in [-0.2, -0.15) is 0 Å². The Labute approximate surface area is 184 Å². The van der Waals surface area contributed by atoms with Gasteiger partial charge in [0, 0.05) is 5.56 Å². The number of sulfone groups is 1. The number of hydrogen-bond acceptors (Lipinski definition) is 7. The molecule has 3 aliphatic rings. The number of ether oxygens (including phenoxy) is 1. The number of aliphatic imine (C=N–C) groups is 1. The van der Waals surface area contributed by atoms with E-state index in [1.54, 1.807) is 0 Å². The molecular weight excluding hydrogens is 438 g/mol. The van der Waals surface area contributed by atoms with Crippen LogP contribution in [0.3, 0.4) is 0 Å². The zero-order valence-corrected chi connectivity index (χ0v) is 17.9. The van der Waals surface area contributed by atoms with Crippen LogP contribution in [0.5, 0.6) is 5.88 Å². The predicted molar refractivity (Wildman–Crippen MR) is 116 cm³/mol. The fourth-order valence-electron chi connectivity index (χ4n) is 4.21. The third kappa shape index (κ3) is 3.87. The second-order valence-electron chi connectivity index (χ2n) is 8.46. The molecule has 2 aromatic rings. The van der Waals surface area contributed by atoms with Crippen molar-refractivity contribution in [2.24, 2.45) is 16.6 Å². The van der Waals surface area contributed by atoms with Gasteiger partial charge in [-0.05, 0) is 55.4 Å². The number of aromatic nitrogens is 2. The standard InChI is InChI=1S/C22H22F2N4O3S/c23-15-4-3-13(7-14(15)21-18-5-6-19(22(25)28-21)32(18,29)30)8-16(24)17-9-27-20(10-26-17)31-11-12-1-2-12/h3-4,7-10,12,18-19,21H,1-2,5-6,11H2,(H2,25,28)/b16-8-. The predicted octanol–water partition coefficient (Wildman–Crippen LogP) is 3.23. The third-order valence-corrected chi connectivity index (χ3v) is 8.78. The van der Waals surface area contributed by atoms with Crippen LogP contribution in [-0.2, 0) is 9.84 Å². The van der Waals surface area contributed by atoms with Crippen molar-refractivity contribution in [3.63, 3.8) is 0 Å². The van der Waals surface area contributed by atoms with Gasteiger partial charge in [0.25, 0.3) is 0 Å². The van der Waals surface area contributed by atoms with E-state index in [-0.39, 0.29) is 17.1 Å². The van der Waals surface area contributed by atoms with Gasteiger partial charge in [-0.15, -0.1) is 0 Å². The van der Waals surface area contributed by atoms with E-state index in [0.717, 1.165) is 12.8 Å². The zero-order chi connectivity index (χ0) is 22.5. The molecule has 3 heterocycles. The van der Waals surface area contributed by atoms with Crippen LogP contribution in [0, 0.1) is 11.7 Å². The summed E-state index contributed by atoms with van der Waals surface area (Å²) in [6.45, 7) is 0.580. The summed E-state index contributed by atoms with van der Waals surface area (Å²) in [5, 5.41) is -1.62. The van der Waals surface area contributed by atoms with E-state index in [1.807, 2.05) is 0 Å². The fraction of sp³-hybridized carbons (Fsp3) is 0.409. The molecule has 1 saturated heterocycles. The average Bonchev–Trinajstić information content (AvgIpc) is 3.56. The number of fused-ring (bicyclic) bond motifs is 2. The van der Waals surface area contributed by atoms with Gasteiger partial charge >= 0.3 is 0 Å². The number of benzene rings is 1.